The maximum Gasteiger partial charge on any atom is 0.124 e. The first-order valence-corrected chi connectivity index (χ1v) is 6.55. The van der Waals surface area contributed by atoms with Crippen LogP contribution in [0.3, 0.4) is 0 Å². The summed E-state index contributed by atoms with van der Waals surface area (Å²) < 4.78 is 13.6. The summed E-state index contributed by atoms with van der Waals surface area (Å²) in [7, 11) is 0. The summed E-state index contributed by atoms with van der Waals surface area (Å²) in [6.45, 7) is 2.41. The molecule has 0 atom stereocenters. The number of rotatable bonds is 3. The second kappa shape index (κ2) is 5.06. The standard InChI is InChI=1S/C16H16FN3/c17-15-6-11(5-14(7-15)16(18)19)8-20-9-12-3-1-2-4-13(12)10-20/h1-7H,8-10H2,(H3,18,19). The third kappa shape index (κ3) is 2.56. The quantitative estimate of drug-likeness (QED) is 0.665. The molecule has 3 nitrogen and oxygen atoms in total. The van der Waals surface area contributed by atoms with Crippen molar-refractivity contribution in [2.45, 2.75) is 19.6 Å². The molecule has 102 valence electrons. The van der Waals surface area contributed by atoms with Crippen LogP contribution < -0.4 is 5.73 Å². The highest BCUT2D eigenvalue weighted by atomic mass is 19.1. The molecular formula is C16H16FN3. The molecule has 2 aromatic carbocycles. The van der Waals surface area contributed by atoms with E-state index in [2.05, 4.69) is 17.0 Å². The number of nitrogens with two attached hydrogens (primary N) is 1. The van der Waals surface area contributed by atoms with Crippen molar-refractivity contribution in [1.82, 2.24) is 4.90 Å². The summed E-state index contributed by atoms with van der Waals surface area (Å²) in [4.78, 5) is 2.25. The van der Waals surface area contributed by atoms with Crippen LogP contribution in [0.25, 0.3) is 0 Å². The van der Waals surface area contributed by atoms with E-state index in [4.69, 9.17) is 11.1 Å². The molecular weight excluding hydrogens is 253 g/mol. The smallest absolute Gasteiger partial charge is 0.124 e. The number of nitrogen functional groups attached to an aromatic ring is 1. The highest BCUT2D eigenvalue weighted by Crippen LogP contribution is 2.24. The number of benzene rings is 2. The molecule has 0 aliphatic carbocycles. The molecule has 0 bridgehead atoms. The van der Waals surface area contributed by atoms with Gasteiger partial charge in [-0.15, -0.1) is 0 Å². The van der Waals surface area contributed by atoms with Gasteiger partial charge in [0.1, 0.15) is 11.7 Å². The Morgan fingerprint density at radius 1 is 1.15 bits per heavy atom. The lowest BCUT2D eigenvalue weighted by Crippen LogP contribution is -2.17. The monoisotopic (exact) mass is 269 g/mol. The highest BCUT2D eigenvalue weighted by molar-refractivity contribution is 5.95. The van der Waals surface area contributed by atoms with E-state index in [0.29, 0.717) is 12.1 Å². The van der Waals surface area contributed by atoms with Crippen molar-refractivity contribution in [3.63, 3.8) is 0 Å². The van der Waals surface area contributed by atoms with Crippen LogP contribution in [0.15, 0.2) is 42.5 Å². The predicted molar refractivity (Wildman–Crippen MR) is 76.8 cm³/mol. The molecule has 0 aromatic heterocycles. The molecule has 0 unspecified atom stereocenters. The molecule has 20 heavy (non-hydrogen) atoms. The lowest BCUT2D eigenvalue weighted by atomic mass is 10.1. The predicted octanol–water partition coefficient (Wildman–Crippen LogP) is 2.63. The number of hydrogen-bond acceptors (Lipinski definition) is 2. The average molecular weight is 269 g/mol. The number of fused-ring (bicyclic) bond motifs is 1. The second-order valence-corrected chi connectivity index (χ2v) is 5.18. The fraction of sp³-hybridized carbons (Fsp3) is 0.188. The van der Waals surface area contributed by atoms with Gasteiger partial charge in [0, 0.05) is 25.2 Å². The fourth-order valence-corrected chi connectivity index (χ4v) is 2.67. The molecule has 1 aliphatic heterocycles. The number of nitrogens with zero attached hydrogens (tertiary/aromatic N) is 1. The first-order valence-electron chi connectivity index (χ1n) is 6.55. The molecule has 3 rings (SSSR count). The van der Waals surface area contributed by atoms with E-state index in [1.807, 2.05) is 12.1 Å². The minimum Gasteiger partial charge on any atom is -0.384 e. The van der Waals surface area contributed by atoms with Gasteiger partial charge in [-0.2, -0.15) is 0 Å². The second-order valence-electron chi connectivity index (χ2n) is 5.18. The number of hydrogen-bond donors (Lipinski definition) is 2. The molecule has 0 amide bonds. The Bertz CT molecular complexity index is 642. The number of nitrogens with one attached hydrogen (secondary N) is 1. The first-order chi connectivity index (χ1) is 9.61. The normalized spacial score (nSPS) is 14.2. The van der Waals surface area contributed by atoms with Crippen LogP contribution in [0.4, 0.5) is 4.39 Å². The maximum absolute atomic E-state index is 13.6. The fourth-order valence-electron chi connectivity index (χ4n) is 2.67. The molecule has 3 N–H and O–H groups in total. The summed E-state index contributed by atoms with van der Waals surface area (Å²) >= 11 is 0. The Morgan fingerprint density at radius 3 is 2.40 bits per heavy atom. The zero-order valence-corrected chi connectivity index (χ0v) is 11.1. The summed E-state index contributed by atoms with van der Waals surface area (Å²) in [5, 5.41) is 7.42. The maximum atomic E-state index is 13.6. The van der Waals surface area contributed by atoms with Crippen molar-refractivity contribution < 1.29 is 4.39 Å². The molecule has 0 saturated heterocycles. The van der Waals surface area contributed by atoms with Crippen LogP contribution >= 0.6 is 0 Å². The van der Waals surface area contributed by atoms with Crippen LogP contribution in [0.2, 0.25) is 0 Å². The summed E-state index contributed by atoms with van der Waals surface area (Å²) in [5.41, 5.74) is 9.38. The Labute approximate surface area is 117 Å². The molecule has 2 aromatic rings. The molecule has 4 heteroatoms. The Kier molecular flexibility index (Phi) is 3.24. The van der Waals surface area contributed by atoms with E-state index in [1.54, 1.807) is 6.07 Å². The van der Waals surface area contributed by atoms with Crippen molar-refractivity contribution in [1.29, 1.82) is 5.41 Å². The van der Waals surface area contributed by atoms with Gasteiger partial charge in [-0.05, 0) is 34.9 Å². The third-order valence-electron chi connectivity index (χ3n) is 3.58. The summed E-state index contributed by atoms with van der Waals surface area (Å²) in [6, 6.07) is 12.9. The van der Waals surface area contributed by atoms with Gasteiger partial charge in [0.05, 0.1) is 0 Å². The number of amidine groups is 1. The number of halogens is 1. The lowest BCUT2D eigenvalue weighted by Gasteiger charge is -2.15. The van der Waals surface area contributed by atoms with Crippen LogP contribution in [0.5, 0.6) is 0 Å². The third-order valence-corrected chi connectivity index (χ3v) is 3.58. The zero-order valence-electron chi connectivity index (χ0n) is 11.1. The topological polar surface area (TPSA) is 53.1 Å². The Hall–Kier alpha value is -2.20. The van der Waals surface area contributed by atoms with E-state index in [1.165, 1.54) is 23.3 Å². The summed E-state index contributed by atoms with van der Waals surface area (Å²) in [5.74, 6) is -0.445. The van der Waals surface area contributed by atoms with Gasteiger partial charge < -0.3 is 5.73 Å². The van der Waals surface area contributed by atoms with E-state index < -0.39 is 0 Å². The average Bonchev–Trinajstić information content (AvgIpc) is 2.79. The molecule has 1 aliphatic rings. The molecule has 0 saturated carbocycles. The van der Waals surface area contributed by atoms with Gasteiger partial charge in [0.2, 0.25) is 0 Å². The van der Waals surface area contributed by atoms with Crippen molar-refractivity contribution in [3.8, 4) is 0 Å². The van der Waals surface area contributed by atoms with Crippen molar-refractivity contribution in [3.05, 3.63) is 70.5 Å². The van der Waals surface area contributed by atoms with Crippen molar-refractivity contribution in [2.24, 2.45) is 5.73 Å². The minimum atomic E-state index is -0.343. The van der Waals surface area contributed by atoms with Gasteiger partial charge in [0.25, 0.3) is 0 Å². The van der Waals surface area contributed by atoms with E-state index in [-0.39, 0.29) is 11.7 Å². The minimum absolute atomic E-state index is 0.101. The van der Waals surface area contributed by atoms with E-state index in [9.17, 15) is 4.39 Å². The Balaban J connectivity index is 1.78. The van der Waals surface area contributed by atoms with Crippen LogP contribution in [0.1, 0.15) is 22.3 Å². The molecule has 1 heterocycles. The van der Waals surface area contributed by atoms with Crippen LogP contribution in [-0.2, 0) is 19.6 Å². The van der Waals surface area contributed by atoms with Gasteiger partial charge in [0.15, 0.2) is 0 Å². The SMILES string of the molecule is N=C(N)c1cc(F)cc(CN2Cc3ccccc3C2)c1. The van der Waals surface area contributed by atoms with Crippen molar-refractivity contribution in [2.75, 3.05) is 0 Å². The van der Waals surface area contributed by atoms with Crippen LogP contribution in [-0.4, -0.2) is 10.7 Å². The molecule has 0 fully saturated rings. The van der Waals surface area contributed by atoms with Crippen molar-refractivity contribution >= 4 is 5.84 Å². The lowest BCUT2D eigenvalue weighted by molar-refractivity contribution is 0.275. The molecule has 0 spiro atoms. The van der Waals surface area contributed by atoms with E-state index in [0.717, 1.165) is 18.7 Å². The summed E-state index contributed by atoms with van der Waals surface area (Å²) in [6.07, 6.45) is 0. The Morgan fingerprint density at radius 2 is 1.80 bits per heavy atom. The van der Waals surface area contributed by atoms with Gasteiger partial charge in [-0.25, -0.2) is 4.39 Å². The largest absolute Gasteiger partial charge is 0.384 e. The first kappa shape index (κ1) is 12.8. The van der Waals surface area contributed by atoms with Gasteiger partial charge in [-0.1, -0.05) is 24.3 Å². The van der Waals surface area contributed by atoms with Crippen LogP contribution in [0, 0.1) is 11.2 Å². The highest BCUT2D eigenvalue weighted by Gasteiger charge is 2.18. The molecule has 0 radical (unpaired) electrons. The van der Waals surface area contributed by atoms with Gasteiger partial charge in [-0.3, -0.25) is 10.3 Å². The van der Waals surface area contributed by atoms with Gasteiger partial charge >= 0.3 is 0 Å². The zero-order chi connectivity index (χ0) is 14.1. The van der Waals surface area contributed by atoms with E-state index >= 15 is 0 Å².